The molecule has 2 aliphatic carbocycles. The molecule has 1 N–H and O–H groups in total. The van der Waals surface area contributed by atoms with Gasteiger partial charge in [0.1, 0.15) is 11.8 Å². The average molecular weight is 359 g/mol. The molecule has 6 heteroatoms. The Hall–Kier alpha value is -1.69. The van der Waals surface area contributed by atoms with Gasteiger partial charge in [0.05, 0.1) is 0 Å². The summed E-state index contributed by atoms with van der Waals surface area (Å²) in [6.07, 6.45) is 8.10. The smallest absolute Gasteiger partial charge is 0.314 e. The van der Waals surface area contributed by atoms with E-state index < -0.39 is 29.6 Å². The Labute approximate surface area is 152 Å². The van der Waals surface area contributed by atoms with Crippen LogP contribution in [0.1, 0.15) is 39.0 Å². The van der Waals surface area contributed by atoms with Gasteiger partial charge in [-0.25, -0.2) is 0 Å². The van der Waals surface area contributed by atoms with Crippen molar-refractivity contribution >= 4 is 17.7 Å². The third-order valence-corrected chi connectivity index (χ3v) is 7.57. The van der Waals surface area contributed by atoms with E-state index in [0.29, 0.717) is 18.9 Å². The van der Waals surface area contributed by atoms with E-state index in [0.717, 1.165) is 19.3 Å². The zero-order valence-electron chi connectivity index (χ0n) is 15.0. The van der Waals surface area contributed by atoms with Crippen molar-refractivity contribution in [1.29, 1.82) is 0 Å². The molecule has 1 saturated carbocycles. The lowest BCUT2D eigenvalue weighted by Gasteiger charge is -2.41. The number of ether oxygens (including phenoxy) is 1. The number of carbonyl (C=O) groups excluding carboxylic acids is 3. The maximum Gasteiger partial charge on any atom is 0.314 e. The molecule has 0 aromatic rings. The van der Waals surface area contributed by atoms with Crippen molar-refractivity contribution in [3.8, 4) is 0 Å². The van der Waals surface area contributed by atoms with Gasteiger partial charge in [-0.1, -0.05) is 31.9 Å². The van der Waals surface area contributed by atoms with Gasteiger partial charge in [-0.3, -0.25) is 14.4 Å². The highest BCUT2D eigenvalue weighted by Gasteiger charge is 2.74. The van der Waals surface area contributed by atoms with Gasteiger partial charge in [-0.2, -0.15) is 0 Å². The van der Waals surface area contributed by atoms with Gasteiger partial charge >= 0.3 is 5.97 Å². The normalized spacial score (nSPS) is 49.2. The van der Waals surface area contributed by atoms with Crippen LogP contribution in [0, 0.1) is 35.5 Å². The first-order chi connectivity index (χ1) is 12.4. The van der Waals surface area contributed by atoms with Crippen LogP contribution in [0.2, 0.25) is 0 Å². The molecule has 26 heavy (non-hydrogen) atoms. The van der Waals surface area contributed by atoms with Crippen molar-refractivity contribution < 1.29 is 24.2 Å². The number of fused-ring (bicyclic) bond motifs is 1. The highest BCUT2D eigenvalue weighted by Crippen LogP contribution is 2.53. The molecule has 140 valence electrons. The van der Waals surface area contributed by atoms with Crippen LogP contribution in [0.25, 0.3) is 0 Å². The van der Waals surface area contributed by atoms with Crippen LogP contribution in [-0.4, -0.2) is 46.0 Å². The second-order valence-corrected chi connectivity index (χ2v) is 8.73. The third-order valence-electron chi connectivity index (χ3n) is 7.57. The number of Topliss-reactive ketones (excluding diaryl/α,β-unsaturated/α-hetero) is 1. The molecule has 8 atom stereocenters. The number of hydrogen-bond donors (Lipinski definition) is 1. The predicted octanol–water partition coefficient (Wildman–Crippen LogP) is 1.28. The van der Waals surface area contributed by atoms with E-state index in [-0.39, 0.29) is 29.4 Å². The molecule has 5 rings (SSSR count). The molecule has 0 unspecified atom stereocenters. The van der Waals surface area contributed by atoms with E-state index in [9.17, 15) is 19.5 Å². The van der Waals surface area contributed by atoms with E-state index in [2.05, 4.69) is 12.2 Å². The first kappa shape index (κ1) is 16.5. The number of ketones is 1. The van der Waals surface area contributed by atoms with Crippen LogP contribution in [0.15, 0.2) is 12.2 Å². The van der Waals surface area contributed by atoms with Gasteiger partial charge in [0.25, 0.3) is 0 Å². The molecule has 3 heterocycles. The molecule has 0 aromatic carbocycles. The molecule has 0 radical (unpaired) electrons. The average Bonchev–Trinajstić information content (AvgIpc) is 3.17. The second kappa shape index (κ2) is 5.41. The molecule has 1 amide bonds. The Morgan fingerprint density at radius 1 is 1.23 bits per heavy atom. The molecule has 0 spiro atoms. The number of hydrogen-bond acceptors (Lipinski definition) is 5. The summed E-state index contributed by atoms with van der Waals surface area (Å²) in [6.45, 7) is 2.35. The Kier molecular flexibility index (Phi) is 3.43. The maximum absolute atomic E-state index is 13.6. The number of nitrogens with zero attached hydrogens (tertiary/aromatic N) is 1. The van der Waals surface area contributed by atoms with Crippen molar-refractivity contribution in [2.75, 3.05) is 6.54 Å². The van der Waals surface area contributed by atoms with Gasteiger partial charge in [0.15, 0.2) is 17.6 Å². The van der Waals surface area contributed by atoms with Gasteiger partial charge in [0, 0.05) is 12.5 Å². The van der Waals surface area contributed by atoms with Crippen molar-refractivity contribution in [2.45, 2.75) is 50.9 Å². The minimum atomic E-state index is -1.62. The molecule has 0 aromatic heterocycles. The monoisotopic (exact) mass is 359 g/mol. The minimum absolute atomic E-state index is 0.0626. The van der Waals surface area contributed by atoms with Crippen molar-refractivity contribution in [2.24, 2.45) is 35.5 Å². The number of esters is 1. The number of allylic oxidation sites excluding steroid dienone is 2. The fourth-order valence-electron chi connectivity index (χ4n) is 6.32. The van der Waals surface area contributed by atoms with E-state index in [1.807, 2.05) is 6.92 Å². The second-order valence-electron chi connectivity index (χ2n) is 8.73. The summed E-state index contributed by atoms with van der Waals surface area (Å²) in [5.74, 6) is -2.24. The molecular formula is C20H25NO5. The van der Waals surface area contributed by atoms with E-state index in [1.54, 1.807) is 0 Å². The summed E-state index contributed by atoms with van der Waals surface area (Å²) < 4.78 is 5.40. The molecule has 6 nitrogen and oxygen atoms in total. The Balaban J connectivity index is 1.50. The summed E-state index contributed by atoms with van der Waals surface area (Å²) in [6, 6.07) is 0. The van der Waals surface area contributed by atoms with E-state index >= 15 is 0 Å². The Bertz CT molecular complexity index is 717. The molecule has 4 fully saturated rings. The van der Waals surface area contributed by atoms with Crippen molar-refractivity contribution in [3.05, 3.63) is 12.2 Å². The summed E-state index contributed by atoms with van der Waals surface area (Å²) in [5.41, 5.74) is -1.62. The zero-order valence-corrected chi connectivity index (χ0v) is 15.0. The lowest BCUT2D eigenvalue weighted by Crippen LogP contribution is -2.48. The van der Waals surface area contributed by atoms with Crippen LogP contribution in [0.5, 0.6) is 0 Å². The Morgan fingerprint density at radius 2 is 2.00 bits per heavy atom. The lowest BCUT2D eigenvalue weighted by atomic mass is 9.62. The summed E-state index contributed by atoms with van der Waals surface area (Å²) in [5, 5.41) is 11.1. The van der Waals surface area contributed by atoms with E-state index in [1.165, 1.54) is 11.3 Å². The topological polar surface area (TPSA) is 83.9 Å². The number of aliphatic hydroxyl groups is 1. The maximum atomic E-state index is 13.6. The van der Waals surface area contributed by atoms with Crippen molar-refractivity contribution in [3.63, 3.8) is 0 Å². The van der Waals surface area contributed by atoms with Crippen LogP contribution in [0.3, 0.4) is 0 Å². The Morgan fingerprint density at radius 3 is 2.81 bits per heavy atom. The number of amides is 1. The first-order valence-corrected chi connectivity index (χ1v) is 9.91. The highest BCUT2D eigenvalue weighted by molar-refractivity contribution is 6.07. The predicted molar refractivity (Wildman–Crippen MR) is 90.4 cm³/mol. The zero-order chi connectivity index (χ0) is 18.2. The summed E-state index contributed by atoms with van der Waals surface area (Å²) in [4.78, 5) is 40.0. The molecule has 3 aliphatic heterocycles. The van der Waals surface area contributed by atoms with Gasteiger partial charge in [-0.05, 0) is 37.0 Å². The SMILES string of the molecule is C[C@@H]1C=C[C@@H]2CCCC[C@H]2[C@@H]1C(=O)[C@@H]1C(=O)N2CC[C@H]3C(=O)O[C@@H]1[C@]32O. The van der Waals surface area contributed by atoms with Crippen LogP contribution in [0.4, 0.5) is 0 Å². The molecule has 0 bridgehead atoms. The largest absolute Gasteiger partial charge is 0.455 e. The number of carbonyl (C=O) groups is 3. The molecule has 3 saturated heterocycles. The first-order valence-electron chi connectivity index (χ1n) is 9.91. The molecule has 5 aliphatic rings. The molecular weight excluding hydrogens is 334 g/mol. The highest BCUT2D eigenvalue weighted by atomic mass is 16.6. The van der Waals surface area contributed by atoms with E-state index in [4.69, 9.17) is 4.74 Å². The standard InChI is InChI=1S/C20H25NO5/c1-10-6-7-11-4-2-3-5-12(11)14(10)16(22)15-17-20(25)13(19(24)26-17)8-9-21(20)18(15)23/h6-7,10-15,17,25H,2-5,8-9H2,1H3/t10-,11+,12-,13+,14-,15+,17+,20-/m1/s1. The van der Waals surface area contributed by atoms with Crippen LogP contribution >= 0.6 is 0 Å². The van der Waals surface area contributed by atoms with Gasteiger partial charge in [-0.15, -0.1) is 0 Å². The summed E-state index contributed by atoms with van der Waals surface area (Å²) in [7, 11) is 0. The fraction of sp³-hybridized carbons (Fsp3) is 0.750. The summed E-state index contributed by atoms with van der Waals surface area (Å²) >= 11 is 0. The fourth-order valence-corrected chi connectivity index (χ4v) is 6.32. The van der Waals surface area contributed by atoms with Crippen molar-refractivity contribution in [1.82, 2.24) is 4.90 Å². The van der Waals surface area contributed by atoms with Crippen LogP contribution < -0.4 is 0 Å². The van der Waals surface area contributed by atoms with Gasteiger partial charge in [0.2, 0.25) is 5.91 Å². The third kappa shape index (κ3) is 1.89. The van der Waals surface area contributed by atoms with Crippen LogP contribution in [-0.2, 0) is 19.1 Å². The van der Waals surface area contributed by atoms with Gasteiger partial charge < -0.3 is 14.7 Å². The lowest BCUT2D eigenvalue weighted by molar-refractivity contribution is -0.150. The number of rotatable bonds is 2. The minimum Gasteiger partial charge on any atom is -0.455 e. The quantitative estimate of drug-likeness (QED) is 0.456.